The second kappa shape index (κ2) is 7.29. The lowest BCUT2D eigenvalue weighted by atomic mass is 9.95. The summed E-state index contributed by atoms with van der Waals surface area (Å²) >= 11 is 0. The zero-order chi connectivity index (χ0) is 21.6. The van der Waals surface area contributed by atoms with Gasteiger partial charge in [-0.25, -0.2) is 17.2 Å². The summed E-state index contributed by atoms with van der Waals surface area (Å²) in [4.78, 5) is -1.00. The van der Waals surface area contributed by atoms with Crippen molar-refractivity contribution in [2.75, 3.05) is 6.26 Å². The third-order valence-corrected chi connectivity index (χ3v) is 5.49. The topological polar surface area (TPSA) is 43.4 Å². The Balaban J connectivity index is 2.07. The van der Waals surface area contributed by atoms with Gasteiger partial charge in [-0.15, -0.1) is 13.2 Å². The molecule has 0 atom stereocenters. The van der Waals surface area contributed by atoms with Gasteiger partial charge in [-0.1, -0.05) is 18.2 Å². The predicted molar refractivity (Wildman–Crippen MR) is 97.9 cm³/mol. The summed E-state index contributed by atoms with van der Waals surface area (Å²) in [6.07, 6.45) is -0.356. The first kappa shape index (κ1) is 21.0. The molecule has 29 heavy (non-hydrogen) atoms. The van der Waals surface area contributed by atoms with Crippen molar-refractivity contribution in [3.8, 4) is 5.75 Å². The van der Waals surface area contributed by atoms with E-state index >= 15 is 0 Å². The van der Waals surface area contributed by atoms with E-state index in [-0.39, 0.29) is 16.9 Å². The molecule has 1 aliphatic rings. The standard InChI is InChI=1S/C20H15F5O3S/c1-11-8-12(6-7-18(11)28-20(23,24)25)14-4-3-5-15(14)13-9-16(21)19(17(22)10-13)29(2,26)27/h3-4,6-10H,5H2,1-2H3. The highest BCUT2D eigenvalue weighted by atomic mass is 32.2. The van der Waals surface area contributed by atoms with E-state index in [4.69, 9.17) is 0 Å². The van der Waals surface area contributed by atoms with Gasteiger partial charge in [0.25, 0.3) is 0 Å². The minimum atomic E-state index is -4.82. The van der Waals surface area contributed by atoms with Crippen LogP contribution in [0.4, 0.5) is 22.0 Å². The van der Waals surface area contributed by atoms with E-state index in [1.165, 1.54) is 25.1 Å². The highest BCUT2D eigenvalue weighted by molar-refractivity contribution is 7.90. The number of hydrogen-bond donors (Lipinski definition) is 0. The first-order valence-electron chi connectivity index (χ1n) is 8.33. The van der Waals surface area contributed by atoms with Gasteiger partial charge in [0, 0.05) is 6.26 Å². The van der Waals surface area contributed by atoms with Crippen LogP contribution in [0, 0.1) is 18.6 Å². The van der Waals surface area contributed by atoms with E-state index in [1.54, 1.807) is 12.2 Å². The molecule has 2 aromatic carbocycles. The average Bonchev–Trinajstić information content (AvgIpc) is 3.03. The molecule has 0 aliphatic heterocycles. The van der Waals surface area contributed by atoms with Gasteiger partial charge in [-0.2, -0.15) is 0 Å². The molecule has 0 saturated carbocycles. The van der Waals surface area contributed by atoms with Crippen molar-refractivity contribution >= 4 is 21.0 Å². The molecular weight excluding hydrogens is 415 g/mol. The highest BCUT2D eigenvalue weighted by Gasteiger charge is 2.32. The lowest BCUT2D eigenvalue weighted by molar-refractivity contribution is -0.274. The van der Waals surface area contributed by atoms with Crippen LogP contribution in [0.2, 0.25) is 0 Å². The van der Waals surface area contributed by atoms with Crippen molar-refractivity contribution in [1.29, 1.82) is 0 Å². The Bertz CT molecular complexity index is 1120. The fourth-order valence-electron chi connectivity index (χ4n) is 3.19. The zero-order valence-electron chi connectivity index (χ0n) is 15.3. The molecule has 0 spiro atoms. The van der Waals surface area contributed by atoms with Gasteiger partial charge in [0.05, 0.1) is 0 Å². The minimum absolute atomic E-state index is 0.153. The molecule has 0 saturated heterocycles. The zero-order valence-corrected chi connectivity index (χ0v) is 16.1. The summed E-state index contributed by atoms with van der Waals surface area (Å²) in [5.41, 5.74) is 2.01. The normalized spacial score (nSPS) is 14.6. The Labute approximate surface area is 164 Å². The van der Waals surface area contributed by atoms with Gasteiger partial charge in [0.15, 0.2) is 9.84 Å². The summed E-state index contributed by atoms with van der Waals surface area (Å²) in [7, 11) is -4.08. The van der Waals surface area contributed by atoms with Crippen molar-refractivity contribution in [1.82, 2.24) is 0 Å². The van der Waals surface area contributed by atoms with Crippen LogP contribution in [0.15, 0.2) is 47.4 Å². The maximum absolute atomic E-state index is 14.3. The second-order valence-corrected chi connectivity index (χ2v) is 8.52. The molecule has 1 aliphatic carbocycles. The molecule has 0 aromatic heterocycles. The lowest BCUT2D eigenvalue weighted by Gasteiger charge is -2.14. The van der Waals surface area contributed by atoms with Crippen LogP contribution in [-0.4, -0.2) is 21.0 Å². The molecular formula is C20H15F5O3S. The van der Waals surface area contributed by atoms with Gasteiger partial charge in [-0.05, 0) is 65.4 Å². The predicted octanol–water partition coefficient (Wildman–Crippen LogP) is 5.45. The SMILES string of the molecule is Cc1cc(C2=C(c3cc(F)c(S(C)(=O)=O)c(F)c3)CC=C2)ccc1OC(F)(F)F. The van der Waals surface area contributed by atoms with E-state index in [9.17, 15) is 30.4 Å². The molecule has 154 valence electrons. The highest BCUT2D eigenvalue weighted by Crippen LogP contribution is 2.38. The number of ether oxygens (including phenoxy) is 1. The molecule has 0 amide bonds. The third kappa shape index (κ3) is 4.50. The van der Waals surface area contributed by atoms with Crippen LogP contribution in [0.5, 0.6) is 5.75 Å². The fourth-order valence-corrected chi connectivity index (χ4v) is 4.02. The van der Waals surface area contributed by atoms with E-state index in [0.29, 0.717) is 29.4 Å². The van der Waals surface area contributed by atoms with Gasteiger partial charge in [0.2, 0.25) is 0 Å². The van der Waals surface area contributed by atoms with Crippen LogP contribution in [0.25, 0.3) is 11.1 Å². The van der Waals surface area contributed by atoms with Gasteiger partial charge in [0.1, 0.15) is 22.3 Å². The number of sulfone groups is 1. The first-order chi connectivity index (χ1) is 13.4. The Morgan fingerprint density at radius 1 is 1.00 bits per heavy atom. The molecule has 2 aromatic rings. The maximum atomic E-state index is 14.3. The largest absolute Gasteiger partial charge is 0.573 e. The van der Waals surface area contributed by atoms with Crippen LogP contribution >= 0.6 is 0 Å². The number of hydrogen-bond acceptors (Lipinski definition) is 3. The number of halogens is 5. The number of allylic oxidation sites excluding steroid dienone is 4. The molecule has 0 heterocycles. The summed E-state index contributed by atoms with van der Waals surface area (Å²) in [5.74, 6) is -2.75. The monoisotopic (exact) mass is 430 g/mol. The van der Waals surface area contributed by atoms with E-state index in [0.717, 1.165) is 12.1 Å². The molecule has 3 nitrogen and oxygen atoms in total. The van der Waals surface area contributed by atoms with Gasteiger partial charge >= 0.3 is 6.36 Å². The van der Waals surface area contributed by atoms with Crippen LogP contribution in [0.1, 0.15) is 23.1 Å². The Hall–Kier alpha value is -2.68. The maximum Gasteiger partial charge on any atom is 0.573 e. The average molecular weight is 430 g/mol. The summed E-state index contributed by atoms with van der Waals surface area (Å²) in [5, 5.41) is 0. The summed E-state index contributed by atoms with van der Waals surface area (Å²) in [6, 6.07) is 5.94. The van der Waals surface area contributed by atoms with Gasteiger partial charge in [-0.3, -0.25) is 0 Å². The number of aryl methyl sites for hydroxylation is 1. The first-order valence-corrected chi connectivity index (χ1v) is 10.2. The number of alkyl halides is 3. The van der Waals surface area contributed by atoms with E-state index < -0.39 is 32.7 Å². The van der Waals surface area contributed by atoms with Crippen molar-refractivity contribution < 1.29 is 35.1 Å². The molecule has 0 bridgehead atoms. The lowest BCUT2D eigenvalue weighted by Crippen LogP contribution is -2.17. The van der Waals surface area contributed by atoms with Gasteiger partial charge < -0.3 is 4.74 Å². The summed E-state index contributed by atoms with van der Waals surface area (Å²) in [6.45, 7) is 1.45. The molecule has 9 heteroatoms. The van der Waals surface area contributed by atoms with Crippen LogP contribution < -0.4 is 4.74 Å². The molecule has 0 N–H and O–H groups in total. The Morgan fingerprint density at radius 2 is 1.62 bits per heavy atom. The molecule has 3 rings (SSSR count). The quantitative estimate of drug-likeness (QED) is 0.607. The second-order valence-electron chi connectivity index (χ2n) is 6.57. The van der Waals surface area contributed by atoms with Crippen molar-refractivity contribution in [2.24, 2.45) is 0 Å². The van der Waals surface area contributed by atoms with Crippen molar-refractivity contribution in [3.05, 3.63) is 70.8 Å². The Morgan fingerprint density at radius 3 is 2.14 bits per heavy atom. The molecule has 0 radical (unpaired) electrons. The number of benzene rings is 2. The Kier molecular flexibility index (Phi) is 5.29. The van der Waals surface area contributed by atoms with Crippen LogP contribution in [0.3, 0.4) is 0 Å². The van der Waals surface area contributed by atoms with Crippen molar-refractivity contribution in [3.63, 3.8) is 0 Å². The van der Waals surface area contributed by atoms with Crippen LogP contribution in [-0.2, 0) is 9.84 Å². The van der Waals surface area contributed by atoms with Crippen molar-refractivity contribution in [2.45, 2.75) is 24.6 Å². The van der Waals surface area contributed by atoms with E-state index in [2.05, 4.69) is 4.74 Å². The minimum Gasteiger partial charge on any atom is -0.406 e. The molecule has 0 unspecified atom stereocenters. The smallest absolute Gasteiger partial charge is 0.406 e. The molecule has 0 fully saturated rings. The third-order valence-electron chi connectivity index (χ3n) is 4.36. The van der Waals surface area contributed by atoms with E-state index in [1.807, 2.05) is 0 Å². The fraction of sp³-hybridized carbons (Fsp3) is 0.200. The number of rotatable bonds is 4. The summed E-state index contributed by atoms with van der Waals surface area (Å²) < 4.78 is 93.0.